The second kappa shape index (κ2) is 13.4. The third kappa shape index (κ3) is 4.98. The molecule has 294 valence electrons. The molecule has 10 rings (SSSR count). The molecule has 2 saturated heterocycles. The van der Waals surface area contributed by atoms with Crippen molar-refractivity contribution in [3.8, 4) is 46.3 Å². The summed E-state index contributed by atoms with van der Waals surface area (Å²) in [5, 5.41) is 26.3. The number of rotatable bonds is 4. The molecule has 56 heavy (non-hydrogen) atoms. The van der Waals surface area contributed by atoms with Gasteiger partial charge in [-0.1, -0.05) is 6.07 Å². The van der Waals surface area contributed by atoms with Crippen molar-refractivity contribution in [3.63, 3.8) is 0 Å². The fourth-order valence-electron chi connectivity index (χ4n) is 10.3. The summed E-state index contributed by atoms with van der Waals surface area (Å²) >= 11 is 1.52. The van der Waals surface area contributed by atoms with Gasteiger partial charge >= 0.3 is 11.9 Å². The predicted molar refractivity (Wildman–Crippen MR) is 203 cm³/mol. The number of hydrogen-bond donors (Lipinski definition) is 2. The van der Waals surface area contributed by atoms with E-state index in [1.165, 1.54) is 18.7 Å². The van der Waals surface area contributed by atoms with Crippen molar-refractivity contribution in [2.45, 2.75) is 74.6 Å². The highest BCUT2D eigenvalue weighted by atomic mass is 32.2. The van der Waals surface area contributed by atoms with Gasteiger partial charge in [0.15, 0.2) is 40.0 Å². The number of ether oxygens (including phenoxy) is 7. The molecule has 1 spiro atoms. The summed E-state index contributed by atoms with van der Waals surface area (Å²) < 4.78 is 42.1. The molecular formula is C41H44N4O10S. The standard InChI is InChI=1S/C41H44N4O10S/c1-18-10-22-11-24-25(14-42)45-26-15-52-40(48)41(23-13-28(50-6)27(49-5)12-21(23)8-9-43-41)16-56-39(33(45)32(44(24)4)29(22)34(47)35(18)51-7)31-30(26)38-37(53-17-54-38)19(2)36(31)55-20(3)46/h10,12-13,24-26,32-33,39,43,47H,8-9,11,15-17H2,1-7H3/t24-,25-,26+,32+,33?,39+,41+/m0/s1. The number of phenols is 1. The lowest BCUT2D eigenvalue weighted by Crippen LogP contribution is -2.69. The van der Waals surface area contributed by atoms with Gasteiger partial charge in [-0.2, -0.15) is 5.26 Å². The number of piperazine rings is 1. The molecule has 7 heterocycles. The van der Waals surface area contributed by atoms with Gasteiger partial charge in [-0.3, -0.25) is 19.9 Å². The molecule has 1 unspecified atom stereocenters. The van der Waals surface area contributed by atoms with E-state index in [0.717, 1.165) is 27.8 Å². The average Bonchev–Trinajstić information content (AvgIpc) is 3.68. The Labute approximate surface area is 328 Å². The van der Waals surface area contributed by atoms with Gasteiger partial charge in [-0.05, 0) is 68.1 Å². The first-order valence-electron chi connectivity index (χ1n) is 18.7. The lowest BCUT2D eigenvalue weighted by molar-refractivity contribution is -0.157. The summed E-state index contributed by atoms with van der Waals surface area (Å²) in [5.41, 5.74) is 4.80. The molecule has 2 fully saturated rings. The number of aryl methyl sites for hydroxylation is 1. The van der Waals surface area contributed by atoms with Gasteiger partial charge in [-0.15, -0.1) is 11.8 Å². The summed E-state index contributed by atoms with van der Waals surface area (Å²) in [6.07, 6.45) is 1.15. The van der Waals surface area contributed by atoms with Crippen molar-refractivity contribution in [1.82, 2.24) is 15.1 Å². The fraction of sp³-hybridized carbons (Fsp3) is 0.488. The average molecular weight is 785 g/mol. The van der Waals surface area contributed by atoms with E-state index in [1.807, 2.05) is 33.0 Å². The zero-order chi connectivity index (χ0) is 39.4. The molecule has 7 aliphatic rings. The number of nitriles is 1. The van der Waals surface area contributed by atoms with Crippen molar-refractivity contribution < 1.29 is 47.9 Å². The van der Waals surface area contributed by atoms with Gasteiger partial charge in [0.2, 0.25) is 6.79 Å². The van der Waals surface area contributed by atoms with E-state index >= 15 is 0 Å². The Morgan fingerprint density at radius 3 is 2.48 bits per heavy atom. The van der Waals surface area contributed by atoms with Crippen LogP contribution in [-0.4, -0.2) is 99.0 Å². The number of aromatic hydroxyl groups is 1. The van der Waals surface area contributed by atoms with Crippen molar-refractivity contribution in [2.24, 2.45) is 0 Å². The van der Waals surface area contributed by atoms with Gasteiger partial charge in [0, 0.05) is 53.6 Å². The van der Waals surface area contributed by atoms with Crippen LogP contribution in [0.5, 0.6) is 40.2 Å². The molecule has 3 aromatic carbocycles. The van der Waals surface area contributed by atoms with Crippen LogP contribution in [0.3, 0.4) is 0 Å². The maximum atomic E-state index is 14.9. The molecule has 3 aromatic rings. The Morgan fingerprint density at radius 2 is 1.77 bits per heavy atom. The molecule has 7 aliphatic heterocycles. The number of methoxy groups -OCH3 is 3. The Hall–Kier alpha value is -4.88. The van der Waals surface area contributed by atoms with Gasteiger partial charge in [-0.25, -0.2) is 4.79 Å². The summed E-state index contributed by atoms with van der Waals surface area (Å²) in [6.45, 7) is 5.41. The van der Waals surface area contributed by atoms with Crippen LogP contribution in [0.15, 0.2) is 18.2 Å². The van der Waals surface area contributed by atoms with Crippen LogP contribution in [-0.2, 0) is 32.7 Å². The van der Waals surface area contributed by atoms with Crippen molar-refractivity contribution in [3.05, 3.63) is 62.7 Å². The van der Waals surface area contributed by atoms with Crippen molar-refractivity contribution >= 4 is 23.7 Å². The van der Waals surface area contributed by atoms with Crippen LogP contribution in [0.4, 0.5) is 0 Å². The van der Waals surface area contributed by atoms with E-state index < -0.39 is 46.9 Å². The van der Waals surface area contributed by atoms with E-state index in [4.69, 9.17) is 33.2 Å². The molecule has 14 nitrogen and oxygen atoms in total. The van der Waals surface area contributed by atoms with Crippen LogP contribution in [0, 0.1) is 25.2 Å². The van der Waals surface area contributed by atoms with Crippen molar-refractivity contribution in [2.75, 3.05) is 54.1 Å². The molecular weight excluding hydrogens is 741 g/mol. The number of fused-ring (bicyclic) bond motifs is 9. The molecule has 0 aliphatic carbocycles. The molecule has 0 radical (unpaired) electrons. The minimum Gasteiger partial charge on any atom is -0.504 e. The van der Waals surface area contributed by atoms with E-state index in [2.05, 4.69) is 27.3 Å². The third-order valence-electron chi connectivity index (χ3n) is 12.6. The minimum atomic E-state index is -1.31. The SMILES string of the molecule is COc1cc2c(cc1OC)[C@@]1(CS[C@@H]3c4c(OC(C)=O)c(C)c5c(c4[C@@H](COC1=O)N1C3[C@H]3c4c(cc(C)c(OC)c4O)C[C@@H]([C@@H]1C#N)N3C)OCO5)NCC2. The minimum absolute atomic E-state index is 0.0505. The Morgan fingerprint density at radius 1 is 1.02 bits per heavy atom. The number of hydrogen-bond acceptors (Lipinski definition) is 15. The van der Waals surface area contributed by atoms with Gasteiger partial charge in [0.1, 0.15) is 18.4 Å². The molecule has 0 amide bonds. The zero-order valence-corrected chi connectivity index (χ0v) is 33.1. The first kappa shape index (κ1) is 36.7. The molecule has 0 saturated carbocycles. The number of benzene rings is 3. The number of nitrogens with one attached hydrogen (secondary N) is 1. The van der Waals surface area contributed by atoms with Crippen LogP contribution < -0.4 is 33.7 Å². The Kier molecular flexibility index (Phi) is 8.77. The van der Waals surface area contributed by atoms with Gasteiger partial charge in [0.25, 0.3) is 0 Å². The van der Waals surface area contributed by atoms with Crippen LogP contribution in [0.1, 0.15) is 68.8 Å². The third-order valence-corrected chi connectivity index (χ3v) is 14.1. The first-order valence-corrected chi connectivity index (χ1v) is 19.8. The zero-order valence-electron chi connectivity index (χ0n) is 32.3. The number of thioether (sulfide) groups is 1. The number of phenolic OH excluding ortho intramolecular Hbond substituents is 1. The lowest BCUT2D eigenvalue weighted by Gasteiger charge is -2.62. The number of nitrogens with zero attached hydrogens (tertiary/aromatic N) is 3. The topological polar surface area (TPSA) is 161 Å². The summed E-state index contributed by atoms with van der Waals surface area (Å²) in [5.74, 6) is 1.99. The Balaban J connectivity index is 1.33. The highest BCUT2D eigenvalue weighted by Gasteiger charge is 2.62. The van der Waals surface area contributed by atoms with Crippen LogP contribution >= 0.6 is 11.8 Å². The number of carbonyl (C=O) groups excluding carboxylic acids is 2. The monoisotopic (exact) mass is 784 g/mol. The van der Waals surface area contributed by atoms with Crippen LogP contribution in [0.2, 0.25) is 0 Å². The second-order valence-corrected chi connectivity index (χ2v) is 16.4. The summed E-state index contributed by atoms with van der Waals surface area (Å²) in [7, 11) is 6.70. The number of esters is 2. The Bertz CT molecular complexity index is 2240. The summed E-state index contributed by atoms with van der Waals surface area (Å²) in [6, 6.07) is 5.82. The van der Waals surface area contributed by atoms with E-state index in [1.54, 1.807) is 21.3 Å². The lowest BCUT2D eigenvalue weighted by atomic mass is 9.71. The molecule has 7 atom stereocenters. The second-order valence-electron chi connectivity index (χ2n) is 15.3. The molecule has 4 bridgehead atoms. The van der Waals surface area contributed by atoms with E-state index in [0.29, 0.717) is 70.6 Å². The number of likely N-dealkylation sites (N-methyl/N-ethyl adjacent to an activating group) is 1. The molecule has 0 aromatic heterocycles. The van der Waals surface area contributed by atoms with E-state index in [9.17, 15) is 20.0 Å². The first-order chi connectivity index (χ1) is 27.0. The summed E-state index contributed by atoms with van der Waals surface area (Å²) in [4.78, 5) is 32.2. The number of carbonyl (C=O) groups is 2. The van der Waals surface area contributed by atoms with Gasteiger partial charge < -0.3 is 38.3 Å². The highest BCUT2D eigenvalue weighted by molar-refractivity contribution is 7.99. The van der Waals surface area contributed by atoms with Gasteiger partial charge in [0.05, 0.1) is 44.7 Å². The highest BCUT2D eigenvalue weighted by Crippen LogP contribution is 2.64. The fourth-order valence-corrected chi connectivity index (χ4v) is 12.0. The maximum absolute atomic E-state index is 14.9. The molecule has 15 heteroatoms. The largest absolute Gasteiger partial charge is 0.504 e. The van der Waals surface area contributed by atoms with E-state index in [-0.39, 0.29) is 30.9 Å². The predicted octanol–water partition coefficient (Wildman–Crippen LogP) is 4.29. The van der Waals surface area contributed by atoms with Crippen LogP contribution in [0.25, 0.3) is 0 Å². The smallest absolute Gasteiger partial charge is 0.331 e. The normalized spacial score (nSPS) is 28.6. The maximum Gasteiger partial charge on any atom is 0.331 e. The quantitative estimate of drug-likeness (QED) is 0.285. The molecule has 2 N–H and O–H groups in total. The van der Waals surface area contributed by atoms with Crippen molar-refractivity contribution in [1.29, 1.82) is 5.26 Å².